The van der Waals surface area contributed by atoms with Crippen LogP contribution in [-0.4, -0.2) is 31.9 Å². The van der Waals surface area contributed by atoms with E-state index in [1.165, 1.54) is 0 Å². The monoisotopic (exact) mass is 263 g/mol. The van der Waals surface area contributed by atoms with Gasteiger partial charge in [0.1, 0.15) is 0 Å². The molecule has 5 heteroatoms. The molecule has 0 radical (unpaired) electrons. The molecule has 102 valence electrons. The fourth-order valence-electron chi connectivity index (χ4n) is 2.24. The van der Waals surface area contributed by atoms with E-state index in [9.17, 15) is 13.5 Å². The fourth-order valence-corrected chi connectivity index (χ4v) is 3.74. The molecule has 0 aromatic heterocycles. The Kier molecular flexibility index (Phi) is 5.89. The Morgan fingerprint density at radius 1 is 1.29 bits per heavy atom. The molecule has 0 heterocycles. The second kappa shape index (κ2) is 6.71. The first kappa shape index (κ1) is 14.9. The van der Waals surface area contributed by atoms with Crippen LogP contribution in [0.3, 0.4) is 0 Å². The zero-order chi connectivity index (χ0) is 12.9. The summed E-state index contributed by atoms with van der Waals surface area (Å²) >= 11 is 0. The Bertz CT molecular complexity index is 308. The first-order chi connectivity index (χ1) is 7.98. The third kappa shape index (κ3) is 4.94. The van der Waals surface area contributed by atoms with Crippen molar-refractivity contribution in [2.45, 2.75) is 52.1 Å². The topological polar surface area (TPSA) is 66.4 Å². The van der Waals surface area contributed by atoms with Crippen LogP contribution in [0.15, 0.2) is 0 Å². The van der Waals surface area contributed by atoms with E-state index in [-0.39, 0.29) is 18.2 Å². The highest BCUT2D eigenvalue weighted by molar-refractivity contribution is 7.89. The highest BCUT2D eigenvalue weighted by Gasteiger charge is 2.25. The van der Waals surface area contributed by atoms with E-state index < -0.39 is 16.1 Å². The van der Waals surface area contributed by atoms with Crippen LogP contribution >= 0.6 is 0 Å². The molecule has 0 spiro atoms. The molecule has 1 fully saturated rings. The largest absolute Gasteiger partial charge is 0.391 e. The molecule has 4 nitrogen and oxygen atoms in total. The summed E-state index contributed by atoms with van der Waals surface area (Å²) in [5.74, 6) is 0.738. The number of hydrogen-bond acceptors (Lipinski definition) is 3. The van der Waals surface area contributed by atoms with Crippen molar-refractivity contribution in [3.8, 4) is 0 Å². The van der Waals surface area contributed by atoms with Gasteiger partial charge in [-0.05, 0) is 24.7 Å². The second-order valence-corrected chi connectivity index (χ2v) is 6.92. The Morgan fingerprint density at radius 3 is 2.29 bits per heavy atom. The summed E-state index contributed by atoms with van der Waals surface area (Å²) in [6.07, 6.45) is 4.38. The molecule has 0 aromatic carbocycles. The summed E-state index contributed by atoms with van der Waals surface area (Å²) in [7, 11) is -3.20. The van der Waals surface area contributed by atoms with Crippen LogP contribution in [0.25, 0.3) is 0 Å². The van der Waals surface area contributed by atoms with Gasteiger partial charge in [0, 0.05) is 6.54 Å². The first-order valence-electron chi connectivity index (χ1n) is 6.63. The van der Waals surface area contributed by atoms with Crippen molar-refractivity contribution in [1.29, 1.82) is 0 Å². The third-order valence-corrected chi connectivity index (χ3v) is 5.30. The van der Waals surface area contributed by atoms with Crippen molar-refractivity contribution in [3.05, 3.63) is 0 Å². The van der Waals surface area contributed by atoms with Crippen molar-refractivity contribution in [2.24, 2.45) is 11.8 Å². The lowest BCUT2D eigenvalue weighted by atomic mass is 9.87. The molecule has 1 unspecified atom stereocenters. The number of rotatable bonds is 8. The maximum atomic E-state index is 11.7. The van der Waals surface area contributed by atoms with Gasteiger partial charge >= 0.3 is 0 Å². The van der Waals surface area contributed by atoms with Gasteiger partial charge in [-0.2, -0.15) is 0 Å². The van der Waals surface area contributed by atoms with Crippen molar-refractivity contribution in [2.75, 3.05) is 12.3 Å². The van der Waals surface area contributed by atoms with Gasteiger partial charge in [0.25, 0.3) is 0 Å². The molecule has 0 saturated heterocycles. The molecule has 0 amide bonds. The van der Waals surface area contributed by atoms with E-state index in [1.807, 2.05) is 13.8 Å². The van der Waals surface area contributed by atoms with E-state index in [1.54, 1.807) is 0 Å². The molecule has 1 aliphatic rings. The lowest BCUT2D eigenvalue weighted by Gasteiger charge is -2.26. The van der Waals surface area contributed by atoms with Crippen molar-refractivity contribution in [3.63, 3.8) is 0 Å². The molecule has 0 aromatic rings. The summed E-state index contributed by atoms with van der Waals surface area (Å²) < 4.78 is 26.0. The van der Waals surface area contributed by atoms with E-state index in [4.69, 9.17) is 0 Å². The number of aliphatic hydroxyl groups excluding tert-OH is 1. The number of nitrogens with one attached hydrogen (secondary N) is 1. The standard InChI is InChI=1S/C12H25NO3S/c1-3-11(4-2)12(14)8-13-17(15,16)9-10-6-5-7-10/h10-14H,3-9H2,1-2H3. The Labute approximate surface area is 105 Å². The summed E-state index contributed by atoms with van der Waals surface area (Å²) in [6, 6.07) is 0. The van der Waals surface area contributed by atoms with Crippen LogP contribution in [0.2, 0.25) is 0 Å². The SMILES string of the molecule is CCC(CC)C(O)CNS(=O)(=O)CC1CCC1. The normalized spacial score (nSPS) is 19.3. The zero-order valence-corrected chi connectivity index (χ0v) is 11.7. The highest BCUT2D eigenvalue weighted by Crippen LogP contribution is 2.27. The molecule has 0 aliphatic heterocycles. The van der Waals surface area contributed by atoms with Crippen LogP contribution in [0.1, 0.15) is 46.0 Å². The van der Waals surface area contributed by atoms with Crippen LogP contribution in [0, 0.1) is 11.8 Å². The van der Waals surface area contributed by atoms with Gasteiger partial charge in [-0.15, -0.1) is 0 Å². The minimum absolute atomic E-state index is 0.154. The van der Waals surface area contributed by atoms with Gasteiger partial charge in [0.05, 0.1) is 11.9 Å². The summed E-state index contributed by atoms with van der Waals surface area (Å²) in [5, 5.41) is 9.85. The lowest BCUT2D eigenvalue weighted by Crippen LogP contribution is -2.39. The Hall–Kier alpha value is -0.130. The van der Waals surface area contributed by atoms with E-state index >= 15 is 0 Å². The molecule has 1 rings (SSSR count). The highest BCUT2D eigenvalue weighted by atomic mass is 32.2. The minimum atomic E-state index is -3.20. The molecule has 17 heavy (non-hydrogen) atoms. The third-order valence-electron chi connectivity index (χ3n) is 3.79. The van der Waals surface area contributed by atoms with Gasteiger partial charge in [0.2, 0.25) is 10.0 Å². The van der Waals surface area contributed by atoms with E-state index in [2.05, 4.69) is 4.72 Å². The minimum Gasteiger partial charge on any atom is -0.391 e. The smallest absolute Gasteiger partial charge is 0.211 e. The van der Waals surface area contributed by atoms with Crippen LogP contribution < -0.4 is 4.72 Å². The number of aliphatic hydroxyl groups is 1. The molecular weight excluding hydrogens is 238 g/mol. The van der Waals surface area contributed by atoms with E-state index in [0.717, 1.165) is 32.1 Å². The van der Waals surface area contributed by atoms with Crippen LogP contribution in [0.4, 0.5) is 0 Å². The zero-order valence-electron chi connectivity index (χ0n) is 10.9. The summed E-state index contributed by atoms with van der Waals surface area (Å²) in [6.45, 7) is 4.18. The quantitative estimate of drug-likeness (QED) is 0.697. The molecule has 1 saturated carbocycles. The van der Waals surface area contributed by atoms with Gasteiger partial charge in [-0.25, -0.2) is 13.1 Å². The molecule has 1 atom stereocenters. The predicted octanol–water partition coefficient (Wildman–Crippen LogP) is 1.50. The van der Waals surface area contributed by atoms with Gasteiger partial charge < -0.3 is 5.11 Å². The maximum Gasteiger partial charge on any atom is 0.211 e. The number of sulfonamides is 1. The van der Waals surface area contributed by atoms with Crippen molar-refractivity contribution >= 4 is 10.0 Å². The predicted molar refractivity (Wildman–Crippen MR) is 69.2 cm³/mol. The molecule has 0 bridgehead atoms. The Morgan fingerprint density at radius 2 is 1.88 bits per heavy atom. The van der Waals surface area contributed by atoms with Gasteiger partial charge in [-0.1, -0.05) is 33.1 Å². The van der Waals surface area contributed by atoms with E-state index in [0.29, 0.717) is 5.92 Å². The maximum absolute atomic E-state index is 11.7. The van der Waals surface area contributed by atoms with Crippen molar-refractivity contribution < 1.29 is 13.5 Å². The lowest BCUT2D eigenvalue weighted by molar-refractivity contribution is 0.107. The van der Waals surface area contributed by atoms with Gasteiger partial charge in [-0.3, -0.25) is 0 Å². The first-order valence-corrected chi connectivity index (χ1v) is 8.29. The van der Waals surface area contributed by atoms with Gasteiger partial charge in [0.15, 0.2) is 0 Å². The fraction of sp³-hybridized carbons (Fsp3) is 1.00. The second-order valence-electron chi connectivity index (χ2n) is 5.07. The molecule has 1 aliphatic carbocycles. The Balaban J connectivity index is 2.32. The van der Waals surface area contributed by atoms with Crippen molar-refractivity contribution in [1.82, 2.24) is 4.72 Å². The average Bonchev–Trinajstić information content (AvgIpc) is 2.23. The van der Waals surface area contributed by atoms with Crippen LogP contribution in [0.5, 0.6) is 0 Å². The number of hydrogen-bond donors (Lipinski definition) is 2. The average molecular weight is 263 g/mol. The summed E-state index contributed by atoms with van der Waals surface area (Å²) in [5.41, 5.74) is 0. The molecule has 2 N–H and O–H groups in total. The van der Waals surface area contributed by atoms with Crippen LogP contribution in [-0.2, 0) is 10.0 Å². The summed E-state index contributed by atoms with van der Waals surface area (Å²) in [4.78, 5) is 0. The molecular formula is C12H25NO3S.